The average Bonchev–Trinajstić information content (AvgIpc) is 2.46. The van der Waals surface area contributed by atoms with Crippen LogP contribution < -0.4 is 0 Å². The first-order valence-electron chi connectivity index (χ1n) is 6.73. The summed E-state index contributed by atoms with van der Waals surface area (Å²) >= 11 is 0. The highest BCUT2D eigenvalue weighted by Crippen LogP contribution is 2.27. The summed E-state index contributed by atoms with van der Waals surface area (Å²) in [6, 6.07) is 0.954. The first-order valence-corrected chi connectivity index (χ1v) is 6.73. The van der Waals surface area contributed by atoms with E-state index in [0.29, 0.717) is 0 Å². The summed E-state index contributed by atoms with van der Waals surface area (Å²) in [6.45, 7) is 3.96. The van der Waals surface area contributed by atoms with Gasteiger partial charge in [-0.2, -0.15) is 0 Å². The molecule has 1 aliphatic carbocycles. The van der Waals surface area contributed by atoms with E-state index in [1.54, 1.807) is 0 Å². The fourth-order valence-electron chi connectivity index (χ4n) is 3.45. The van der Waals surface area contributed by atoms with Gasteiger partial charge in [0, 0.05) is 0 Å². The van der Waals surface area contributed by atoms with Gasteiger partial charge in [0.05, 0.1) is 26.2 Å². The molecular formula is C13H27N2+. The van der Waals surface area contributed by atoms with E-state index in [1.165, 1.54) is 69.2 Å². The molecule has 0 aromatic rings. The van der Waals surface area contributed by atoms with E-state index in [9.17, 15) is 0 Å². The molecule has 0 spiro atoms. The smallest absolute Gasteiger partial charge is 0.135 e. The third-order valence-corrected chi connectivity index (χ3v) is 4.51. The molecular weight excluding hydrogens is 184 g/mol. The maximum atomic E-state index is 2.50. The Morgan fingerprint density at radius 2 is 1.60 bits per heavy atom. The molecule has 1 aliphatic heterocycles. The molecule has 1 heterocycles. The minimum Gasteiger partial charge on any atom is -0.310 e. The van der Waals surface area contributed by atoms with Crippen LogP contribution >= 0.6 is 0 Å². The molecule has 15 heavy (non-hydrogen) atoms. The predicted molar refractivity (Wildman–Crippen MR) is 64.7 cm³/mol. The zero-order valence-electron chi connectivity index (χ0n) is 10.5. The van der Waals surface area contributed by atoms with Gasteiger partial charge in [-0.3, -0.25) is 4.90 Å². The second kappa shape index (κ2) is 4.84. The molecule has 0 aromatic carbocycles. The van der Waals surface area contributed by atoms with E-state index in [-0.39, 0.29) is 0 Å². The third kappa shape index (κ3) is 2.73. The molecule has 0 aromatic heterocycles. The minimum absolute atomic E-state index is 0.954. The summed E-state index contributed by atoms with van der Waals surface area (Å²) in [5.41, 5.74) is 0. The molecule has 0 amide bonds. The van der Waals surface area contributed by atoms with Crippen LogP contribution in [0.4, 0.5) is 0 Å². The molecule has 2 nitrogen and oxygen atoms in total. The van der Waals surface area contributed by atoms with Crippen LogP contribution in [0.2, 0.25) is 0 Å². The lowest BCUT2D eigenvalue weighted by Gasteiger charge is -2.38. The monoisotopic (exact) mass is 211 g/mol. The van der Waals surface area contributed by atoms with Crippen molar-refractivity contribution in [2.75, 3.05) is 33.9 Å². The van der Waals surface area contributed by atoms with Crippen LogP contribution in [-0.2, 0) is 0 Å². The molecule has 0 bridgehead atoms. The first-order chi connectivity index (χ1) is 7.21. The van der Waals surface area contributed by atoms with Crippen LogP contribution in [0.1, 0.15) is 44.9 Å². The Kier molecular flexibility index (Phi) is 3.68. The highest BCUT2D eigenvalue weighted by molar-refractivity contribution is 4.68. The maximum absolute atomic E-state index is 2.50. The summed E-state index contributed by atoms with van der Waals surface area (Å²) in [6.07, 6.45) is 10.3. The predicted octanol–water partition coefficient (Wildman–Crippen LogP) is 2.45. The molecule has 0 radical (unpaired) electrons. The first kappa shape index (κ1) is 11.4. The van der Waals surface area contributed by atoms with Gasteiger partial charge in [0.2, 0.25) is 0 Å². The maximum Gasteiger partial charge on any atom is 0.135 e. The van der Waals surface area contributed by atoms with Gasteiger partial charge in [-0.1, -0.05) is 19.3 Å². The quantitative estimate of drug-likeness (QED) is 0.602. The van der Waals surface area contributed by atoms with Crippen molar-refractivity contribution in [1.82, 2.24) is 4.90 Å². The number of quaternary nitrogens is 1. The van der Waals surface area contributed by atoms with E-state index >= 15 is 0 Å². The molecule has 1 saturated heterocycles. The van der Waals surface area contributed by atoms with Gasteiger partial charge >= 0.3 is 0 Å². The van der Waals surface area contributed by atoms with E-state index in [4.69, 9.17) is 0 Å². The summed E-state index contributed by atoms with van der Waals surface area (Å²) in [5, 5.41) is 0. The van der Waals surface area contributed by atoms with Crippen LogP contribution in [0.5, 0.6) is 0 Å². The number of likely N-dealkylation sites (N-methyl/N-ethyl adjacent to an activating group) is 2. The lowest BCUT2D eigenvalue weighted by molar-refractivity contribution is -0.926. The molecule has 1 unspecified atom stereocenters. The van der Waals surface area contributed by atoms with Crippen molar-refractivity contribution in [3.8, 4) is 0 Å². The minimum atomic E-state index is 0.954. The van der Waals surface area contributed by atoms with Crippen LogP contribution in [0.15, 0.2) is 0 Å². The molecule has 2 aliphatic rings. The van der Waals surface area contributed by atoms with E-state index in [0.717, 1.165) is 6.04 Å². The van der Waals surface area contributed by atoms with Gasteiger partial charge < -0.3 is 4.48 Å². The van der Waals surface area contributed by atoms with E-state index < -0.39 is 0 Å². The topological polar surface area (TPSA) is 3.24 Å². The highest BCUT2D eigenvalue weighted by Gasteiger charge is 2.37. The Morgan fingerprint density at radius 1 is 1.00 bits per heavy atom. The molecule has 2 heteroatoms. The molecule has 1 saturated carbocycles. The lowest BCUT2D eigenvalue weighted by Crippen LogP contribution is -2.51. The van der Waals surface area contributed by atoms with E-state index in [2.05, 4.69) is 19.0 Å². The summed E-state index contributed by atoms with van der Waals surface area (Å²) < 4.78 is 1.33. The molecule has 2 fully saturated rings. The highest BCUT2D eigenvalue weighted by atomic mass is 15.5. The summed E-state index contributed by atoms with van der Waals surface area (Å²) in [5.74, 6) is 0. The van der Waals surface area contributed by atoms with Crippen LogP contribution in [0.3, 0.4) is 0 Å². The second-order valence-corrected chi connectivity index (χ2v) is 5.92. The van der Waals surface area contributed by atoms with Gasteiger partial charge in [-0.05, 0) is 32.7 Å². The Bertz CT molecular complexity index is 197. The number of rotatable bonds is 1. The average molecular weight is 211 g/mol. The van der Waals surface area contributed by atoms with Crippen molar-refractivity contribution in [3.63, 3.8) is 0 Å². The molecule has 2 rings (SSSR count). The van der Waals surface area contributed by atoms with Crippen LogP contribution in [0, 0.1) is 0 Å². The zero-order valence-corrected chi connectivity index (χ0v) is 10.5. The third-order valence-electron chi connectivity index (χ3n) is 4.51. The Hall–Kier alpha value is -0.0800. The second-order valence-electron chi connectivity index (χ2n) is 5.92. The van der Waals surface area contributed by atoms with Crippen LogP contribution in [0.25, 0.3) is 0 Å². The molecule has 88 valence electrons. The molecule has 1 atom stereocenters. The Balaban J connectivity index is 1.94. The zero-order chi connectivity index (χ0) is 10.7. The van der Waals surface area contributed by atoms with Crippen molar-refractivity contribution in [2.45, 2.75) is 51.0 Å². The van der Waals surface area contributed by atoms with Crippen molar-refractivity contribution >= 4 is 0 Å². The Labute approximate surface area is 94.8 Å². The fourth-order valence-corrected chi connectivity index (χ4v) is 3.45. The van der Waals surface area contributed by atoms with Gasteiger partial charge in [-0.15, -0.1) is 0 Å². The van der Waals surface area contributed by atoms with Gasteiger partial charge in [0.1, 0.15) is 6.67 Å². The Morgan fingerprint density at radius 3 is 2.13 bits per heavy atom. The SMILES string of the molecule is CN1CC[N+](C)(C2CCCCCCC2)C1. The van der Waals surface area contributed by atoms with E-state index in [1.807, 2.05) is 0 Å². The number of nitrogens with zero attached hydrogens (tertiary/aromatic N) is 2. The lowest BCUT2D eigenvalue weighted by atomic mass is 9.94. The summed E-state index contributed by atoms with van der Waals surface area (Å²) in [4.78, 5) is 2.50. The fraction of sp³-hybridized carbons (Fsp3) is 1.00. The van der Waals surface area contributed by atoms with Crippen molar-refractivity contribution in [1.29, 1.82) is 0 Å². The summed E-state index contributed by atoms with van der Waals surface area (Å²) in [7, 11) is 4.75. The van der Waals surface area contributed by atoms with Gasteiger partial charge in [-0.25, -0.2) is 0 Å². The van der Waals surface area contributed by atoms with Crippen molar-refractivity contribution < 1.29 is 4.48 Å². The standard InChI is InChI=1S/C13H27N2/c1-14-10-11-15(2,12-14)13-8-6-4-3-5-7-9-13/h13H,3-12H2,1-2H3/q+1. The van der Waals surface area contributed by atoms with Crippen molar-refractivity contribution in [3.05, 3.63) is 0 Å². The van der Waals surface area contributed by atoms with Gasteiger partial charge in [0.15, 0.2) is 0 Å². The van der Waals surface area contributed by atoms with Crippen LogP contribution in [-0.4, -0.2) is 49.3 Å². The number of hydrogen-bond acceptors (Lipinski definition) is 1. The van der Waals surface area contributed by atoms with Crippen molar-refractivity contribution in [2.24, 2.45) is 0 Å². The van der Waals surface area contributed by atoms with Gasteiger partial charge in [0.25, 0.3) is 0 Å². The number of hydrogen-bond donors (Lipinski definition) is 0. The normalized spacial score (nSPS) is 36.4. The largest absolute Gasteiger partial charge is 0.310 e. The molecule has 0 N–H and O–H groups in total.